The first-order valence-corrected chi connectivity index (χ1v) is 8.40. The molecule has 0 unspecified atom stereocenters. The van der Waals surface area contributed by atoms with E-state index in [4.69, 9.17) is 0 Å². The molecule has 0 aromatic heterocycles. The molecular formula is C15H23NO2S. The van der Waals surface area contributed by atoms with Crippen LogP contribution in [-0.4, -0.2) is 26.3 Å². The summed E-state index contributed by atoms with van der Waals surface area (Å²) in [6, 6.07) is 7.35. The summed E-state index contributed by atoms with van der Waals surface area (Å²) in [7, 11) is -3.24. The summed E-state index contributed by atoms with van der Waals surface area (Å²) in [6.07, 6.45) is 3.75. The second kappa shape index (κ2) is 5.16. The van der Waals surface area contributed by atoms with Crippen molar-refractivity contribution in [2.45, 2.75) is 49.7 Å². The van der Waals surface area contributed by atoms with Crippen molar-refractivity contribution in [3.63, 3.8) is 0 Å². The highest BCUT2D eigenvalue weighted by Gasteiger charge is 2.30. The summed E-state index contributed by atoms with van der Waals surface area (Å²) in [5.74, 6) is 0. The molecule has 0 amide bonds. The molecular weight excluding hydrogens is 258 g/mol. The van der Waals surface area contributed by atoms with Crippen LogP contribution in [0.5, 0.6) is 0 Å². The second-order valence-electron chi connectivity index (χ2n) is 6.16. The normalized spacial score (nSPS) is 17.5. The van der Waals surface area contributed by atoms with E-state index in [0.29, 0.717) is 4.90 Å². The maximum atomic E-state index is 12.3. The Bertz CT molecular complexity index is 520. The molecule has 0 aliphatic carbocycles. The molecule has 0 bridgehead atoms. The van der Waals surface area contributed by atoms with Crippen LogP contribution < -0.4 is 4.90 Å². The average molecular weight is 281 g/mol. The Hall–Kier alpha value is -1.03. The number of piperidine rings is 1. The average Bonchev–Trinajstić information content (AvgIpc) is 2.39. The van der Waals surface area contributed by atoms with Crippen LogP contribution in [0.15, 0.2) is 29.2 Å². The van der Waals surface area contributed by atoms with Crippen molar-refractivity contribution >= 4 is 15.5 Å². The lowest BCUT2D eigenvalue weighted by Gasteiger charge is -2.29. The molecule has 0 atom stereocenters. The lowest BCUT2D eigenvalue weighted by atomic mass is 10.1. The van der Waals surface area contributed by atoms with Gasteiger partial charge in [-0.05, 0) is 64.3 Å². The van der Waals surface area contributed by atoms with E-state index in [0.717, 1.165) is 18.8 Å². The Balaban J connectivity index is 2.23. The molecule has 1 aromatic carbocycles. The fourth-order valence-electron chi connectivity index (χ4n) is 2.34. The van der Waals surface area contributed by atoms with Crippen LogP contribution in [0.1, 0.15) is 40.0 Å². The van der Waals surface area contributed by atoms with Crippen molar-refractivity contribution in [3.8, 4) is 0 Å². The van der Waals surface area contributed by atoms with E-state index in [9.17, 15) is 8.42 Å². The highest BCUT2D eigenvalue weighted by atomic mass is 32.2. The maximum Gasteiger partial charge on any atom is 0.183 e. The number of rotatable bonds is 2. The molecule has 2 rings (SSSR count). The van der Waals surface area contributed by atoms with Crippen LogP contribution in [0.2, 0.25) is 0 Å². The zero-order chi connectivity index (χ0) is 14.1. The van der Waals surface area contributed by atoms with Crippen molar-refractivity contribution in [2.75, 3.05) is 18.0 Å². The standard InChI is InChI=1S/C15H23NO2S/c1-15(2,3)19(17,18)14-9-7-13(8-10-14)16-11-5-4-6-12-16/h7-10H,4-6,11-12H2,1-3H3. The molecule has 19 heavy (non-hydrogen) atoms. The molecule has 0 saturated carbocycles. The van der Waals surface area contributed by atoms with Crippen molar-refractivity contribution in [1.29, 1.82) is 0 Å². The quantitative estimate of drug-likeness (QED) is 0.835. The van der Waals surface area contributed by atoms with Gasteiger partial charge in [-0.25, -0.2) is 8.42 Å². The third-order valence-corrected chi connectivity index (χ3v) is 6.18. The first-order chi connectivity index (χ1) is 8.82. The van der Waals surface area contributed by atoms with Gasteiger partial charge in [0.05, 0.1) is 9.64 Å². The molecule has 1 aromatic rings. The minimum Gasteiger partial charge on any atom is -0.372 e. The van der Waals surface area contributed by atoms with Crippen LogP contribution in [0.3, 0.4) is 0 Å². The van der Waals surface area contributed by atoms with Gasteiger partial charge in [0.15, 0.2) is 9.84 Å². The fourth-order valence-corrected chi connectivity index (χ4v) is 3.54. The summed E-state index contributed by atoms with van der Waals surface area (Å²) in [5, 5.41) is 0. The molecule has 4 heteroatoms. The number of benzene rings is 1. The van der Waals surface area contributed by atoms with Gasteiger partial charge in [-0.1, -0.05) is 0 Å². The number of hydrogen-bond donors (Lipinski definition) is 0. The maximum absolute atomic E-state index is 12.3. The smallest absolute Gasteiger partial charge is 0.183 e. The lowest BCUT2D eigenvalue weighted by molar-refractivity contribution is 0.560. The van der Waals surface area contributed by atoms with Crippen molar-refractivity contribution < 1.29 is 8.42 Å². The first kappa shape index (κ1) is 14.4. The molecule has 1 aliphatic heterocycles. The lowest BCUT2D eigenvalue weighted by Crippen LogP contribution is -2.30. The predicted molar refractivity (Wildman–Crippen MR) is 79.4 cm³/mol. The van der Waals surface area contributed by atoms with Crippen LogP contribution in [-0.2, 0) is 9.84 Å². The van der Waals surface area contributed by atoms with Crippen molar-refractivity contribution in [1.82, 2.24) is 0 Å². The highest BCUT2D eigenvalue weighted by Crippen LogP contribution is 2.27. The Labute approximate surface area is 116 Å². The van der Waals surface area contributed by atoms with Gasteiger partial charge in [-0.3, -0.25) is 0 Å². The molecule has 1 fully saturated rings. The van der Waals surface area contributed by atoms with Gasteiger partial charge in [-0.15, -0.1) is 0 Å². The highest BCUT2D eigenvalue weighted by molar-refractivity contribution is 7.92. The molecule has 1 heterocycles. The van der Waals surface area contributed by atoms with Gasteiger partial charge >= 0.3 is 0 Å². The molecule has 0 N–H and O–H groups in total. The van der Waals surface area contributed by atoms with Gasteiger partial charge in [0.1, 0.15) is 0 Å². The van der Waals surface area contributed by atoms with Gasteiger partial charge < -0.3 is 4.90 Å². The van der Waals surface area contributed by atoms with Crippen LogP contribution >= 0.6 is 0 Å². The van der Waals surface area contributed by atoms with E-state index in [2.05, 4.69) is 4.90 Å². The third-order valence-electron chi connectivity index (χ3n) is 3.67. The van der Waals surface area contributed by atoms with Gasteiger partial charge in [0.2, 0.25) is 0 Å². The topological polar surface area (TPSA) is 37.4 Å². The van der Waals surface area contributed by atoms with Crippen molar-refractivity contribution in [2.24, 2.45) is 0 Å². The van der Waals surface area contributed by atoms with Crippen LogP contribution in [0.25, 0.3) is 0 Å². The number of hydrogen-bond acceptors (Lipinski definition) is 3. The van der Waals surface area contributed by atoms with Crippen molar-refractivity contribution in [3.05, 3.63) is 24.3 Å². The Morgan fingerprint density at radius 2 is 1.47 bits per heavy atom. The summed E-state index contributed by atoms with van der Waals surface area (Å²) in [4.78, 5) is 2.75. The van der Waals surface area contributed by atoms with E-state index in [1.54, 1.807) is 32.9 Å². The summed E-state index contributed by atoms with van der Waals surface area (Å²) >= 11 is 0. The van der Waals surface area contributed by atoms with Crippen LogP contribution in [0, 0.1) is 0 Å². The minimum atomic E-state index is -3.24. The summed E-state index contributed by atoms with van der Waals surface area (Å²) in [5.41, 5.74) is 1.13. The number of nitrogens with zero attached hydrogens (tertiary/aromatic N) is 1. The zero-order valence-electron chi connectivity index (χ0n) is 12.0. The molecule has 0 spiro atoms. The molecule has 3 nitrogen and oxygen atoms in total. The Morgan fingerprint density at radius 3 is 1.95 bits per heavy atom. The largest absolute Gasteiger partial charge is 0.372 e. The zero-order valence-corrected chi connectivity index (χ0v) is 12.8. The third kappa shape index (κ3) is 2.94. The molecule has 1 aliphatic rings. The second-order valence-corrected chi connectivity index (χ2v) is 8.86. The van der Waals surface area contributed by atoms with Crippen LogP contribution in [0.4, 0.5) is 5.69 Å². The van der Waals surface area contributed by atoms with E-state index < -0.39 is 14.6 Å². The molecule has 1 saturated heterocycles. The Kier molecular flexibility index (Phi) is 3.90. The fraction of sp³-hybridized carbons (Fsp3) is 0.600. The Morgan fingerprint density at radius 1 is 0.947 bits per heavy atom. The first-order valence-electron chi connectivity index (χ1n) is 6.92. The predicted octanol–water partition coefficient (Wildman–Crippen LogP) is 3.25. The summed E-state index contributed by atoms with van der Waals surface area (Å²) in [6.45, 7) is 7.36. The molecule has 0 radical (unpaired) electrons. The van der Waals surface area contributed by atoms with Gasteiger partial charge in [-0.2, -0.15) is 0 Å². The van der Waals surface area contributed by atoms with Gasteiger partial charge in [0.25, 0.3) is 0 Å². The van der Waals surface area contributed by atoms with E-state index in [1.807, 2.05) is 12.1 Å². The van der Waals surface area contributed by atoms with Gasteiger partial charge in [0, 0.05) is 18.8 Å². The summed E-state index contributed by atoms with van der Waals surface area (Å²) < 4.78 is 23.9. The van der Waals surface area contributed by atoms with E-state index >= 15 is 0 Å². The number of sulfone groups is 1. The number of anilines is 1. The van der Waals surface area contributed by atoms with E-state index in [-0.39, 0.29) is 0 Å². The monoisotopic (exact) mass is 281 g/mol. The minimum absolute atomic E-state index is 0.417. The van der Waals surface area contributed by atoms with E-state index in [1.165, 1.54) is 19.3 Å². The molecule has 106 valence electrons. The SMILES string of the molecule is CC(C)(C)S(=O)(=O)c1ccc(N2CCCCC2)cc1.